The van der Waals surface area contributed by atoms with Gasteiger partial charge in [0.25, 0.3) is 0 Å². The van der Waals surface area contributed by atoms with Crippen LogP contribution >= 0.6 is 0 Å². The molecule has 3 aromatic carbocycles. The molecular formula is C33H36F3N3O3. The van der Waals surface area contributed by atoms with Crippen molar-refractivity contribution in [2.24, 2.45) is 0 Å². The Morgan fingerprint density at radius 1 is 0.786 bits per heavy atom. The van der Waals surface area contributed by atoms with Gasteiger partial charge < -0.3 is 0 Å². The van der Waals surface area contributed by atoms with Crippen molar-refractivity contribution in [3.63, 3.8) is 0 Å². The van der Waals surface area contributed by atoms with Crippen LogP contribution in [0.15, 0.2) is 71.5 Å². The highest BCUT2D eigenvalue weighted by Gasteiger charge is 2.31. The van der Waals surface area contributed by atoms with Crippen LogP contribution in [0.25, 0.3) is 11.1 Å². The molecule has 0 amide bonds. The first-order valence-corrected chi connectivity index (χ1v) is 13.7. The zero-order valence-electron chi connectivity index (χ0n) is 24.6. The molecule has 0 spiro atoms. The molecule has 6 nitrogen and oxygen atoms in total. The molecule has 0 N–H and O–H groups in total. The lowest BCUT2D eigenvalue weighted by molar-refractivity contribution is -0.191. The lowest BCUT2D eigenvalue weighted by Crippen LogP contribution is -2.31. The summed E-state index contributed by atoms with van der Waals surface area (Å²) < 4.78 is 41.8. The summed E-state index contributed by atoms with van der Waals surface area (Å²) >= 11 is 0. The quantitative estimate of drug-likeness (QED) is 0.229. The first-order chi connectivity index (χ1) is 19.7. The average molecular weight is 580 g/mol. The SMILES string of the molecule is Cc1ccc(-c2ccc(CCCc3nn(Cc4ccc(C(C)(C)C)cc4)c(=O)n3CC(F)(F)F)cc2)cc1C.O=C=O. The summed E-state index contributed by atoms with van der Waals surface area (Å²) in [6.07, 6.45) is -2.72. The summed E-state index contributed by atoms with van der Waals surface area (Å²) in [4.78, 5) is 29.2. The van der Waals surface area contributed by atoms with Gasteiger partial charge in [0.05, 0.1) is 6.54 Å². The molecule has 1 heterocycles. The molecule has 42 heavy (non-hydrogen) atoms. The predicted octanol–water partition coefficient (Wildman–Crippen LogP) is 6.83. The summed E-state index contributed by atoms with van der Waals surface area (Å²) in [6, 6.07) is 22.4. The van der Waals surface area contributed by atoms with Crippen molar-refractivity contribution in [3.8, 4) is 11.1 Å². The van der Waals surface area contributed by atoms with Crippen LogP contribution in [0.3, 0.4) is 0 Å². The number of hydrogen-bond donors (Lipinski definition) is 0. The Hall–Kier alpha value is -4.23. The van der Waals surface area contributed by atoms with E-state index in [0.29, 0.717) is 12.8 Å². The van der Waals surface area contributed by atoms with Gasteiger partial charge >= 0.3 is 18.0 Å². The Morgan fingerprint density at radius 3 is 1.90 bits per heavy atom. The normalized spacial score (nSPS) is 11.5. The number of rotatable bonds is 8. The zero-order valence-corrected chi connectivity index (χ0v) is 24.6. The van der Waals surface area contributed by atoms with Gasteiger partial charge in [0.15, 0.2) is 0 Å². The molecular weight excluding hydrogens is 543 g/mol. The summed E-state index contributed by atoms with van der Waals surface area (Å²) in [5.41, 5.74) is 7.06. The van der Waals surface area contributed by atoms with Crippen molar-refractivity contribution in [2.45, 2.75) is 78.6 Å². The van der Waals surface area contributed by atoms with Gasteiger partial charge in [0.2, 0.25) is 0 Å². The van der Waals surface area contributed by atoms with E-state index in [-0.39, 0.29) is 30.4 Å². The molecule has 0 saturated carbocycles. The van der Waals surface area contributed by atoms with Crippen molar-refractivity contribution >= 4 is 6.15 Å². The number of hydrogen-bond acceptors (Lipinski definition) is 4. The van der Waals surface area contributed by atoms with Gasteiger partial charge in [-0.15, -0.1) is 0 Å². The van der Waals surface area contributed by atoms with Crippen LogP contribution in [0.5, 0.6) is 0 Å². The number of halogens is 3. The lowest BCUT2D eigenvalue weighted by Gasteiger charge is -2.19. The molecule has 0 radical (unpaired) electrons. The van der Waals surface area contributed by atoms with E-state index < -0.39 is 18.4 Å². The third-order valence-corrected chi connectivity index (χ3v) is 7.15. The number of aromatic nitrogens is 3. The second-order valence-electron chi connectivity index (χ2n) is 11.4. The minimum atomic E-state index is -4.51. The molecule has 1 aromatic heterocycles. The van der Waals surface area contributed by atoms with E-state index in [1.807, 2.05) is 36.4 Å². The number of alkyl halides is 3. The van der Waals surface area contributed by atoms with Crippen molar-refractivity contribution in [1.29, 1.82) is 0 Å². The van der Waals surface area contributed by atoms with E-state index in [9.17, 15) is 18.0 Å². The van der Waals surface area contributed by atoms with Crippen molar-refractivity contribution in [2.75, 3.05) is 0 Å². The van der Waals surface area contributed by atoms with Gasteiger partial charge in [-0.2, -0.15) is 27.9 Å². The van der Waals surface area contributed by atoms with Crippen LogP contribution in [0.4, 0.5) is 13.2 Å². The number of aryl methyl sites for hydroxylation is 4. The maximum absolute atomic E-state index is 13.3. The Labute approximate surface area is 243 Å². The molecule has 0 aliphatic carbocycles. The number of carbonyl (C=O) groups excluding carboxylic acids is 2. The molecule has 0 aliphatic heterocycles. The lowest BCUT2D eigenvalue weighted by atomic mass is 9.87. The highest BCUT2D eigenvalue weighted by molar-refractivity contribution is 5.65. The van der Waals surface area contributed by atoms with E-state index in [1.165, 1.54) is 11.1 Å². The van der Waals surface area contributed by atoms with Gasteiger partial charge in [0, 0.05) is 6.42 Å². The Bertz CT molecular complexity index is 1570. The first kappa shape index (κ1) is 32.3. The van der Waals surface area contributed by atoms with Gasteiger partial charge in [0.1, 0.15) is 12.4 Å². The Morgan fingerprint density at radius 2 is 1.36 bits per heavy atom. The van der Waals surface area contributed by atoms with Crippen LogP contribution in [0, 0.1) is 13.8 Å². The van der Waals surface area contributed by atoms with Crippen LogP contribution < -0.4 is 5.69 Å². The second kappa shape index (κ2) is 13.6. The van der Waals surface area contributed by atoms with E-state index in [0.717, 1.165) is 37.1 Å². The Kier molecular flexibility index (Phi) is 10.5. The minimum Gasteiger partial charge on any atom is -0.270 e. The molecule has 0 unspecified atom stereocenters. The van der Waals surface area contributed by atoms with Crippen molar-refractivity contribution in [3.05, 3.63) is 111 Å². The molecule has 222 valence electrons. The summed E-state index contributed by atoms with van der Waals surface area (Å²) in [5.74, 6) is 0.162. The van der Waals surface area contributed by atoms with E-state index in [4.69, 9.17) is 9.59 Å². The van der Waals surface area contributed by atoms with Crippen LogP contribution in [0.1, 0.15) is 60.8 Å². The largest absolute Gasteiger partial charge is 0.406 e. The van der Waals surface area contributed by atoms with Gasteiger partial charge in [-0.25, -0.2) is 9.48 Å². The standard InChI is InChI=1S/C32H36F3N3O.CO2/c1-22-9-14-27(19-23(22)2)26-15-10-24(11-16-26)7-6-8-29-36-38(30(39)37(29)21-32(33,34)35)20-25-12-17-28(18-13-25)31(3,4)5;2-1-3/h9-19H,6-8,20-21H2,1-5H3;. The van der Waals surface area contributed by atoms with Crippen molar-refractivity contribution < 1.29 is 22.8 Å². The fourth-order valence-electron chi connectivity index (χ4n) is 4.63. The Balaban J connectivity index is 0.00000155. The fourth-order valence-corrected chi connectivity index (χ4v) is 4.63. The van der Waals surface area contributed by atoms with Gasteiger partial charge in [-0.05, 0) is 71.0 Å². The van der Waals surface area contributed by atoms with Crippen LogP contribution in [-0.4, -0.2) is 26.7 Å². The molecule has 0 fully saturated rings. The van der Waals surface area contributed by atoms with Gasteiger partial charge in [-0.1, -0.05) is 87.5 Å². The maximum Gasteiger partial charge on any atom is 0.406 e. The first-order valence-electron chi connectivity index (χ1n) is 13.7. The zero-order chi connectivity index (χ0) is 31.1. The highest BCUT2D eigenvalue weighted by atomic mass is 19.4. The number of benzene rings is 3. The topological polar surface area (TPSA) is 74.0 Å². The summed E-state index contributed by atoms with van der Waals surface area (Å²) in [5, 5.41) is 4.33. The van der Waals surface area contributed by atoms with E-state index in [1.54, 1.807) is 0 Å². The third-order valence-electron chi connectivity index (χ3n) is 7.15. The van der Waals surface area contributed by atoms with E-state index in [2.05, 4.69) is 70.0 Å². The third kappa shape index (κ3) is 8.88. The monoisotopic (exact) mass is 579 g/mol. The van der Waals surface area contributed by atoms with Crippen LogP contribution in [-0.2, 0) is 40.9 Å². The maximum atomic E-state index is 13.3. The molecule has 0 atom stereocenters. The molecule has 0 bridgehead atoms. The van der Waals surface area contributed by atoms with Crippen molar-refractivity contribution in [1.82, 2.24) is 14.3 Å². The average Bonchev–Trinajstić information content (AvgIpc) is 3.19. The molecule has 0 saturated heterocycles. The fraction of sp³-hybridized carbons (Fsp3) is 0.364. The second-order valence-corrected chi connectivity index (χ2v) is 11.4. The molecule has 9 heteroatoms. The number of nitrogens with zero attached hydrogens (tertiary/aromatic N) is 3. The predicted molar refractivity (Wildman–Crippen MR) is 155 cm³/mol. The summed E-state index contributed by atoms with van der Waals surface area (Å²) in [7, 11) is 0. The smallest absolute Gasteiger partial charge is 0.270 e. The molecule has 4 aromatic rings. The molecule has 4 rings (SSSR count). The molecule has 0 aliphatic rings. The minimum absolute atomic E-state index is 0.0170. The van der Waals surface area contributed by atoms with E-state index >= 15 is 0 Å². The highest BCUT2D eigenvalue weighted by Crippen LogP contribution is 2.24. The van der Waals surface area contributed by atoms with Gasteiger partial charge in [-0.3, -0.25) is 4.57 Å². The van der Waals surface area contributed by atoms with Crippen LogP contribution in [0.2, 0.25) is 0 Å². The summed E-state index contributed by atoms with van der Waals surface area (Å²) in [6.45, 7) is 9.29.